The van der Waals surface area contributed by atoms with Gasteiger partial charge in [-0.05, 0) is 39.9 Å². The fraction of sp³-hybridized carbons (Fsp3) is 0.345. The van der Waals surface area contributed by atoms with Gasteiger partial charge in [0.15, 0.2) is 0 Å². The molecule has 5 nitrogen and oxygen atoms in total. The summed E-state index contributed by atoms with van der Waals surface area (Å²) < 4.78 is 35.3. The van der Waals surface area contributed by atoms with Crippen molar-refractivity contribution in [3.8, 4) is 0 Å². The van der Waals surface area contributed by atoms with Gasteiger partial charge < -0.3 is 4.43 Å². The van der Waals surface area contributed by atoms with Crippen LogP contribution < -0.4 is 10.4 Å². The van der Waals surface area contributed by atoms with E-state index in [1.54, 1.807) is 30.3 Å². The van der Waals surface area contributed by atoms with Gasteiger partial charge in [0.05, 0.1) is 10.3 Å². The zero-order chi connectivity index (χ0) is 27.3. The fourth-order valence-corrected chi connectivity index (χ4v) is 11.6. The molecule has 0 aliphatic rings. The SMILES string of the molecule is CC(C)C[C@@H](C(=O)O[Si](c1ccccc1)(c1ccccc1)C(C)(C)C)N(CBr)S(=O)(=O)c1ccccc1. The largest absolute Gasteiger partial charge is 0.508 e. The molecule has 0 saturated heterocycles. The van der Waals surface area contributed by atoms with E-state index < -0.39 is 35.4 Å². The van der Waals surface area contributed by atoms with Crippen LogP contribution >= 0.6 is 15.9 Å². The monoisotopic (exact) mass is 601 g/mol. The first-order valence-corrected chi connectivity index (χ1v) is 16.9. The minimum Gasteiger partial charge on any atom is -0.508 e. The van der Waals surface area contributed by atoms with E-state index in [0.717, 1.165) is 10.4 Å². The van der Waals surface area contributed by atoms with Crippen molar-refractivity contribution in [3.63, 3.8) is 0 Å². The molecule has 0 unspecified atom stereocenters. The first-order chi connectivity index (χ1) is 17.4. The van der Waals surface area contributed by atoms with Gasteiger partial charge in [0, 0.05) is 0 Å². The smallest absolute Gasteiger partial charge is 0.323 e. The summed E-state index contributed by atoms with van der Waals surface area (Å²) in [5.74, 6) is -0.466. The second kappa shape index (κ2) is 12.1. The van der Waals surface area contributed by atoms with Crippen molar-refractivity contribution in [2.75, 3.05) is 5.45 Å². The van der Waals surface area contributed by atoms with E-state index in [1.165, 1.54) is 4.31 Å². The number of halogens is 1. The third-order valence-electron chi connectivity index (χ3n) is 6.45. The summed E-state index contributed by atoms with van der Waals surface area (Å²) in [6, 6.07) is 27.0. The summed E-state index contributed by atoms with van der Waals surface area (Å²) in [4.78, 5) is 14.4. The van der Waals surface area contributed by atoms with E-state index in [4.69, 9.17) is 4.43 Å². The van der Waals surface area contributed by atoms with E-state index in [0.29, 0.717) is 6.42 Å². The van der Waals surface area contributed by atoms with Crippen molar-refractivity contribution >= 4 is 50.6 Å². The molecule has 0 bridgehead atoms. The molecule has 0 aromatic heterocycles. The summed E-state index contributed by atoms with van der Waals surface area (Å²) in [6.45, 7) is 10.2. The van der Waals surface area contributed by atoms with Crippen molar-refractivity contribution < 1.29 is 17.6 Å². The Morgan fingerprint density at radius 3 is 1.68 bits per heavy atom. The quantitative estimate of drug-likeness (QED) is 0.174. The molecular formula is C29H36BrNO4SSi. The number of benzene rings is 3. The molecule has 8 heteroatoms. The van der Waals surface area contributed by atoms with E-state index in [-0.39, 0.29) is 16.3 Å². The number of alkyl halides is 1. The Labute approximate surface area is 231 Å². The standard InChI is InChI=1S/C29H36BrNO4SSi/c1-23(2)21-27(31(22-30)36(33,34)24-15-9-6-10-16-24)28(32)35-37(29(3,4)5,25-17-11-7-12-18-25)26-19-13-8-14-20-26/h6-20,23,27H,21-22H2,1-5H3/t27-/m0/s1. The molecule has 0 heterocycles. The number of hydrogen-bond acceptors (Lipinski definition) is 4. The predicted molar refractivity (Wildman–Crippen MR) is 156 cm³/mol. The maximum Gasteiger partial charge on any atom is 0.323 e. The molecule has 0 saturated carbocycles. The van der Waals surface area contributed by atoms with Crippen molar-refractivity contribution in [1.29, 1.82) is 0 Å². The lowest BCUT2D eigenvalue weighted by Gasteiger charge is -2.43. The minimum absolute atomic E-state index is 0.0303. The van der Waals surface area contributed by atoms with Gasteiger partial charge in [0.2, 0.25) is 10.0 Å². The zero-order valence-corrected chi connectivity index (χ0v) is 25.5. The van der Waals surface area contributed by atoms with Crippen molar-refractivity contribution in [2.45, 2.75) is 57.0 Å². The van der Waals surface area contributed by atoms with Crippen LogP contribution in [0.3, 0.4) is 0 Å². The highest BCUT2D eigenvalue weighted by molar-refractivity contribution is 9.09. The van der Waals surface area contributed by atoms with Gasteiger partial charge in [0.25, 0.3) is 0 Å². The maximum atomic E-state index is 14.3. The van der Waals surface area contributed by atoms with Crippen LogP contribution in [0.25, 0.3) is 0 Å². The van der Waals surface area contributed by atoms with Crippen LogP contribution in [0.1, 0.15) is 41.0 Å². The molecule has 0 N–H and O–H groups in total. The van der Waals surface area contributed by atoms with Crippen molar-refractivity contribution in [2.24, 2.45) is 5.92 Å². The first kappa shape index (κ1) is 29.3. The Morgan fingerprint density at radius 2 is 1.30 bits per heavy atom. The van der Waals surface area contributed by atoms with Crippen LogP contribution in [0, 0.1) is 5.92 Å². The van der Waals surface area contributed by atoms with Gasteiger partial charge in [-0.1, -0.05) is 129 Å². The topological polar surface area (TPSA) is 63.7 Å². The van der Waals surface area contributed by atoms with E-state index in [2.05, 4.69) is 36.7 Å². The third-order valence-corrected chi connectivity index (χ3v) is 14.1. The molecule has 0 aliphatic heterocycles. The first-order valence-electron chi connectivity index (χ1n) is 12.4. The molecule has 1 atom stereocenters. The Morgan fingerprint density at radius 1 is 0.865 bits per heavy atom. The summed E-state index contributed by atoms with van der Waals surface area (Å²) in [5.41, 5.74) is -0.0303. The molecule has 3 aromatic rings. The van der Waals surface area contributed by atoms with Gasteiger partial charge in [-0.25, -0.2) is 8.42 Å². The van der Waals surface area contributed by atoms with Gasteiger partial charge in [-0.3, -0.25) is 4.79 Å². The lowest BCUT2D eigenvalue weighted by Crippen LogP contribution is -2.68. The highest BCUT2D eigenvalue weighted by atomic mass is 79.9. The van der Waals surface area contributed by atoms with E-state index >= 15 is 0 Å². The van der Waals surface area contributed by atoms with Crippen LogP contribution in [-0.2, 0) is 19.2 Å². The molecule has 3 aromatic carbocycles. The molecule has 198 valence electrons. The number of carbonyl (C=O) groups excluding carboxylic acids is 1. The number of sulfonamides is 1. The number of nitrogens with zero attached hydrogens (tertiary/aromatic N) is 1. The van der Waals surface area contributed by atoms with Crippen molar-refractivity contribution in [3.05, 3.63) is 91.0 Å². The molecular weight excluding hydrogens is 566 g/mol. The summed E-state index contributed by atoms with van der Waals surface area (Å²) in [5, 5.41) is 1.49. The summed E-state index contributed by atoms with van der Waals surface area (Å²) in [7, 11) is -7.17. The molecule has 3 rings (SSSR count). The van der Waals surface area contributed by atoms with Gasteiger partial charge in [-0.15, -0.1) is 0 Å². The maximum absolute atomic E-state index is 14.3. The van der Waals surface area contributed by atoms with E-state index in [9.17, 15) is 13.2 Å². The average molecular weight is 603 g/mol. The molecule has 0 spiro atoms. The molecule has 0 amide bonds. The average Bonchev–Trinajstić information content (AvgIpc) is 2.87. The van der Waals surface area contributed by atoms with Crippen molar-refractivity contribution in [1.82, 2.24) is 4.31 Å². The predicted octanol–water partition coefficient (Wildman–Crippen LogP) is 5.55. The fourth-order valence-electron chi connectivity index (χ4n) is 4.69. The molecule has 0 aliphatic carbocycles. The summed E-state index contributed by atoms with van der Waals surface area (Å²) in [6.07, 6.45) is 0.328. The second-order valence-corrected chi connectivity index (χ2v) is 17.2. The van der Waals surface area contributed by atoms with Gasteiger partial charge in [-0.2, -0.15) is 4.31 Å². The summed E-state index contributed by atoms with van der Waals surface area (Å²) >= 11 is 3.37. The third kappa shape index (κ3) is 6.25. The van der Waals surface area contributed by atoms with Crippen LogP contribution in [0.15, 0.2) is 95.9 Å². The highest BCUT2D eigenvalue weighted by Crippen LogP contribution is 2.38. The minimum atomic E-state index is -3.96. The Hall–Kier alpha value is -2.26. The van der Waals surface area contributed by atoms with Gasteiger partial charge >= 0.3 is 14.3 Å². The molecule has 0 radical (unpaired) electrons. The lowest BCUT2D eigenvalue weighted by molar-refractivity contribution is -0.139. The Bertz CT molecular complexity index is 1220. The van der Waals surface area contributed by atoms with Crippen LogP contribution in [0.4, 0.5) is 0 Å². The lowest BCUT2D eigenvalue weighted by atomic mass is 10.0. The highest BCUT2D eigenvalue weighted by Gasteiger charge is 2.54. The van der Waals surface area contributed by atoms with Gasteiger partial charge in [0.1, 0.15) is 6.04 Å². The number of carbonyl (C=O) groups is 1. The second-order valence-electron chi connectivity index (χ2n) is 10.6. The van der Waals surface area contributed by atoms with Crippen LogP contribution in [0.5, 0.6) is 0 Å². The normalized spacial score (nSPS) is 13.5. The van der Waals surface area contributed by atoms with Crippen LogP contribution in [-0.4, -0.2) is 38.5 Å². The molecule has 37 heavy (non-hydrogen) atoms. The van der Waals surface area contributed by atoms with E-state index in [1.807, 2.05) is 74.5 Å². The number of hydrogen-bond donors (Lipinski definition) is 0. The van der Waals surface area contributed by atoms with Crippen LogP contribution in [0.2, 0.25) is 5.04 Å². The Balaban J connectivity index is 2.17. The number of rotatable bonds is 10. The Kier molecular flexibility index (Phi) is 9.55. The zero-order valence-electron chi connectivity index (χ0n) is 22.1. The molecule has 0 fully saturated rings.